The van der Waals surface area contributed by atoms with Gasteiger partial charge in [0.1, 0.15) is 17.5 Å². The van der Waals surface area contributed by atoms with Gasteiger partial charge in [-0.25, -0.2) is 9.97 Å². The first kappa shape index (κ1) is 12.1. The Hall–Kier alpha value is -1.36. The minimum absolute atomic E-state index is 0.0944. The summed E-state index contributed by atoms with van der Waals surface area (Å²) in [5.41, 5.74) is 0.0944. The predicted octanol–water partition coefficient (Wildman–Crippen LogP) is 1.40. The van der Waals surface area contributed by atoms with Crippen molar-refractivity contribution in [1.82, 2.24) is 9.97 Å². The number of aryl methyl sites for hydroxylation is 1. The average Bonchev–Trinajstić information content (AvgIpc) is 3.07. The van der Waals surface area contributed by atoms with Gasteiger partial charge < -0.3 is 15.7 Å². The second kappa shape index (κ2) is 4.87. The molecule has 1 aromatic rings. The van der Waals surface area contributed by atoms with Crippen LogP contribution in [0.3, 0.4) is 0 Å². The highest BCUT2D eigenvalue weighted by Crippen LogP contribution is 2.44. The molecule has 17 heavy (non-hydrogen) atoms. The van der Waals surface area contributed by atoms with Crippen LogP contribution in [0.1, 0.15) is 25.6 Å². The van der Waals surface area contributed by atoms with Crippen molar-refractivity contribution < 1.29 is 5.11 Å². The number of aromatic nitrogens is 2. The van der Waals surface area contributed by atoms with Crippen LogP contribution in [-0.2, 0) is 0 Å². The van der Waals surface area contributed by atoms with E-state index in [-0.39, 0.29) is 12.0 Å². The molecule has 1 aromatic heterocycles. The summed E-state index contributed by atoms with van der Waals surface area (Å²) in [6.07, 6.45) is 2.20. The number of aliphatic hydroxyl groups is 1. The highest BCUT2D eigenvalue weighted by molar-refractivity contribution is 5.47. The third-order valence-corrected chi connectivity index (χ3v) is 3.13. The highest BCUT2D eigenvalue weighted by Gasteiger charge is 2.41. The number of anilines is 2. The number of rotatable bonds is 6. The fraction of sp³-hybridized carbons (Fsp3) is 0.667. The van der Waals surface area contributed by atoms with Crippen molar-refractivity contribution in [3.8, 4) is 0 Å². The fourth-order valence-corrected chi connectivity index (χ4v) is 1.78. The van der Waals surface area contributed by atoms with E-state index >= 15 is 0 Å². The van der Waals surface area contributed by atoms with Crippen molar-refractivity contribution in [3.63, 3.8) is 0 Å². The molecule has 0 bridgehead atoms. The van der Waals surface area contributed by atoms with Gasteiger partial charge in [0.15, 0.2) is 0 Å². The van der Waals surface area contributed by atoms with Gasteiger partial charge in [-0.2, -0.15) is 0 Å². The minimum atomic E-state index is 0.0944. The Morgan fingerprint density at radius 2 is 1.94 bits per heavy atom. The number of nitrogens with zero attached hydrogens (tertiary/aromatic N) is 2. The third kappa shape index (κ3) is 3.06. The zero-order valence-corrected chi connectivity index (χ0v) is 10.5. The van der Waals surface area contributed by atoms with E-state index in [2.05, 4.69) is 20.6 Å². The normalized spacial score (nSPS) is 16.6. The molecule has 5 nitrogen and oxygen atoms in total. The Balaban J connectivity index is 2.00. The van der Waals surface area contributed by atoms with Gasteiger partial charge in [-0.15, -0.1) is 0 Å². The van der Waals surface area contributed by atoms with Crippen molar-refractivity contribution in [1.29, 1.82) is 0 Å². The second-order valence-corrected chi connectivity index (χ2v) is 4.73. The lowest BCUT2D eigenvalue weighted by Gasteiger charge is -2.14. The summed E-state index contributed by atoms with van der Waals surface area (Å²) in [6.45, 7) is 5.80. The van der Waals surface area contributed by atoms with Gasteiger partial charge in [-0.1, -0.05) is 0 Å². The van der Waals surface area contributed by atoms with Crippen LogP contribution in [0.4, 0.5) is 11.6 Å². The first-order valence-corrected chi connectivity index (χ1v) is 6.12. The van der Waals surface area contributed by atoms with E-state index in [0.717, 1.165) is 43.4 Å². The molecule has 1 aliphatic carbocycles. The summed E-state index contributed by atoms with van der Waals surface area (Å²) in [4.78, 5) is 8.63. The van der Waals surface area contributed by atoms with Crippen LogP contribution in [0.2, 0.25) is 0 Å². The molecular formula is C12H20N4O. The Bertz CT molecular complexity index is 390. The van der Waals surface area contributed by atoms with Crippen LogP contribution in [0, 0.1) is 12.3 Å². The molecule has 0 aromatic carbocycles. The number of nitrogens with one attached hydrogen (secondary N) is 2. The third-order valence-electron chi connectivity index (χ3n) is 3.13. The predicted molar refractivity (Wildman–Crippen MR) is 68.2 cm³/mol. The zero-order valence-electron chi connectivity index (χ0n) is 10.5. The largest absolute Gasteiger partial charge is 0.396 e. The van der Waals surface area contributed by atoms with Gasteiger partial charge in [0, 0.05) is 24.6 Å². The Morgan fingerprint density at radius 1 is 1.29 bits per heavy atom. The molecule has 0 saturated heterocycles. The second-order valence-electron chi connectivity index (χ2n) is 4.73. The molecule has 3 N–H and O–H groups in total. The van der Waals surface area contributed by atoms with Gasteiger partial charge in [0.2, 0.25) is 0 Å². The summed E-state index contributed by atoms with van der Waals surface area (Å²) >= 11 is 0. The molecule has 0 spiro atoms. The molecule has 1 aliphatic rings. The lowest BCUT2D eigenvalue weighted by molar-refractivity contribution is 0.219. The molecule has 1 saturated carbocycles. The summed E-state index contributed by atoms with van der Waals surface area (Å²) < 4.78 is 0. The lowest BCUT2D eigenvalue weighted by atomic mass is 10.1. The molecule has 94 valence electrons. The van der Waals surface area contributed by atoms with Crippen LogP contribution in [0.5, 0.6) is 0 Å². The first-order valence-electron chi connectivity index (χ1n) is 6.12. The van der Waals surface area contributed by atoms with Gasteiger partial charge in [-0.05, 0) is 26.7 Å². The standard InChI is InChI=1S/C12H20N4O/c1-3-13-10-6-11(16-9(2)15-10)14-7-12(8-17)4-5-12/h6,17H,3-5,7-8H2,1-2H3,(H2,13,14,15,16). The van der Waals surface area contributed by atoms with E-state index in [1.165, 1.54) is 0 Å². The minimum Gasteiger partial charge on any atom is -0.396 e. The molecule has 0 atom stereocenters. The van der Waals surface area contributed by atoms with Crippen molar-refractivity contribution in [3.05, 3.63) is 11.9 Å². The summed E-state index contributed by atoms with van der Waals surface area (Å²) in [7, 11) is 0. The first-order chi connectivity index (χ1) is 8.17. The fourth-order valence-electron chi connectivity index (χ4n) is 1.78. The maximum atomic E-state index is 9.24. The Labute approximate surface area is 102 Å². The summed E-state index contributed by atoms with van der Waals surface area (Å²) in [6, 6.07) is 1.91. The zero-order chi connectivity index (χ0) is 12.3. The molecule has 1 fully saturated rings. The van der Waals surface area contributed by atoms with Crippen LogP contribution in [-0.4, -0.2) is 34.8 Å². The molecule has 0 unspecified atom stereocenters. The van der Waals surface area contributed by atoms with Crippen molar-refractivity contribution in [2.24, 2.45) is 5.41 Å². The van der Waals surface area contributed by atoms with Crippen molar-refractivity contribution in [2.45, 2.75) is 26.7 Å². The van der Waals surface area contributed by atoms with Crippen LogP contribution >= 0.6 is 0 Å². The highest BCUT2D eigenvalue weighted by atomic mass is 16.3. The van der Waals surface area contributed by atoms with Crippen LogP contribution in [0.15, 0.2) is 6.07 Å². The quantitative estimate of drug-likeness (QED) is 0.696. The topological polar surface area (TPSA) is 70.1 Å². The van der Waals surface area contributed by atoms with E-state index in [1.807, 2.05) is 19.9 Å². The van der Waals surface area contributed by atoms with E-state index in [4.69, 9.17) is 0 Å². The van der Waals surface area contributed by atoms with Gasteiger partial charge in [0.25, 0.3) is 0 Å². The lowest BCUT2D eigenvalue weighted by Crippen LogP contribution is -2.20. The van der Waals surface area contributed by atoms with Gasteiger partial charge in [-0.3, -0.25) is 0 Å². The Morgan fingerprint density at radius 3 is 2.47 bits per heavy atom. The number of aliphatic hydroxyl groups excluding tert-OH is 1. The molecular weight excluding hydrogens is 216 g/mol. The maximum absolute atomic E-state index is 9.24. The van der Waals surface area contributed by atoms with E-state index < -0.39 is 0 Å². The molecule has 5 heteroatoms. The summed E-state index contributed by atoms with van der Waals surface area (Å²) in [5, 5.41) is 15.7. The molecule has 0 radical (unpaired) electrons. The van der Waals surface area contributed by atoms with Crippen LogP contribution < -0.4 is 10.6 Å². The monoisotopic (exact) mass is 236 g/mol. The molecule has 1 heterocycles. The van der Waals surface area contributed by atoms with Gasteiger partial charge >= 0.3 is 0 Å². The molecule has 0 amide bonds. The van der Waals surface area contributed by atoms with Crippen molar-refractivity contribution in [2.75, 3.05) is 30.3 Å². The maximum Gasteiger partial charge on any atom is 0.131 e. The van der Waals surface area contributed by atoms with Crippen molar-refractivity contribution >= 4 is 11.6 Å². The molecule has 2 rings (SSSR count). The van der Waals surface area contributed by atoms with Gasteiger partial charge in [0.05, 0.1) is 6.61 Å². The summed E-state index contributed by atoms with van der Waals surface area (Å²) in [5.74, 6) is 2.42. The number of hydrogen-bond acceptors (Lipinski definition) is 5. The Kier molecular flexibility index (Phi) is 3.47. The molecule has 0 aliphatic heterocycles. The average molecular weight is 236 g/mol. The van der Waals surface area contributed by atoms with E-state index in [9.17, 15) is 5.11 Å². The van der Waals surface area contributed by atoms with E-state index in [1.54, 1.807) is 0 Å². The van der Waals surface area contributed by atoms with Crippen LogP contribution in [0.25, 0.3) is 0 Å². The van der Waals surface area contributed by atoms with E-state index in [0.29, 0.717) is 0 Å². The smallest absolute Gasteiger partial charge is 0.131 e. The number of hydrogen-bond donors (Lipinski definition) is 3. The SMILES string of the molecule is CCNc1cc(NCC2(CO)CC2)nc(C)n1.